The molecule has 1 aliphatic rings. The predicted octanol–water partition coefficient (Wildman–Crippen LogP) is -0.0557. The van der Waals surface area contributed by atoms with Crippen LogP contribution < -0.4 is 0 Å². The van der Waals surface area contributed by atoms with Crippen LogP contribution in [0.5, 0.6) is 0 Å². The number of carbonyl (C=O) groups excluding carboxylic acids is 3. The van der Waals surface area contributed by atoms with Gasteiger partial charge in [-0.2, -0.15) is 0 Å². The van der Waals surface area contributed by atoms with Gasteiger partial charge in [-0.05, 0) is 6.92 Å². The van der Waals surface area contributed by atoms with Crippen LogP contribution in [0.25, 0.3) is 0 Å². The molecule has 5 heteroatoms. The maximum atomic E-state index is 10.9. The Kier molecular flexibility index (Phi) is 2.42. The average Bonchev–Trinajstić information content (AvgIpc) is 2.30. The van der Waals surface area contributed by atoms with E-state index in [9.17, 15) is 14.4 Å². The summed E-state index contributed by atoms with van der Waals surface area (Å²) in [6, 6.07) is 0. The second-order valence-electron chi connectivity index (χ2n) is 2.39. The minimum absolute atomic E-state index is 0.141. The maximum absolute atomic E-state index is 10.9. The van der Waals surface area contributed by atoms with E-state index in [4.69, 9.17) is 0 Å². The van der Waals surface area contributed by atoms with Crippen LogP contribution in [0.3, 0.4) is 0 Å². The Labute approximate surface area is 69.3 Å². The molecule has 0 aromatic carbocycles. The van der Waals surface area contributed by atoms with Gasteiger partial charge in [0, 0.05) is 0 Å². The Balaban J connectivity index is 2.58. The minimum atomic E-state index is -0.728. The van der Waals surface area contributed by atoms with Crippen LogP contribution in [0.4, 0.5) is 4.79 Å². The number of nitrogens with zero attached hydrogens (tertiary/aromatic N) is 1. The maximum Gasteiger partial charge on any atom is 0.416 e. The first-order valence-electron chi connectivity index (χ1n) is 3.64. The molecule has 0 unspecified atom stereocenters. The fourth-order valence-corrected chi connectivity index (χ4v) is 0.952. The SMILES string of the molecule is CCOC(=O)N1CC(=O)CC1=O. The van der Waals surface area contributed by atoms with E-state index < -0.39 is 12.0 Å². The van der Waals surface area contributed by atoms with Crippen LogP contribution in [0.1, 0.15) is 13.3 Å². The quantitative estimate of drug-likeness (QED) is 0.518. The molecule has 2 amide bonds. The van der Waals surface area contributed by atoms with Gasteiger partial charge in [0.05, 0.1) is 19.6 Å². The molecule has 0 atom stereocenters. The molecule has 1 aliphatic heterocycles. The molecule has 5 nitrogen and oxygen atoms in total. The van der Waals surface area contributed by atoms with E-state index in [-0.39, 0.29) is 25.4 Å². The van der Waals surface area contributed by atoms with Crippen LogP contribution in [0.2, 0.25) is 0 Å². The van der Waals surface area contributed by atoms with Crippen molar-refractivity contribution >= 4 is 17.8 Å². The van der Waals surface area contributed by atoms with Crippen molar-refractivity contribution in [3.63, 3.8) is 0 Å². The van der Waals surface area contributed by atoms with Gasteiger partial charge in [0.25, 0.3) is 0 Å². The van der Waals surface area contributed by atoms with Gasteiger partial charge in [-0.1, -0.05) is 0 Å². The third-order valence-corrected chi connectivity index (χ3v) is 1.47. The first-order chi connectivity index (χ1) is 5.65. The zero-order valence-corrected chi connectivity index (χ0v) is 6.70. The summed E-state index contributed by atoms with van der Waals surface area (Å²) < 4.78 is 4.56. The molecule has 0 aromatic heterocycles. The molecule has 0 bridgehead atoms. The van der Waals surface area contributed by atoms with E-state index in [0.717, 1.165) is 4.90 Å². The smallest absolute Gasteiger partial charge is 0.416 e. The second-order valence-corrected chi connectivity index (χ2v) is 2.39. The fourth-order valence-electron chi connectivity index (χ4n) is 0.952. The molecule has 1 heterocycles. The number of hydrogen-bond acceptors (Lipinski definition) is 4. The monoisotopic (exact) mass is 171 g/mol. The minimum Gasteiger partial charge on any atom is -0.449 e. The lowest BCUT2D eigenvalue weighted by Gasteiger charge is -2.10. The van der Waals surface area contributed by atoms with Crippen molar-refractivity contribution in [2.24, 2.45) is 0 Å². The average molecular weight is 171 g/mol. The lowest BCUT2D eigenvalue weighted by atomic mass is 10.3. The lowest BCUT2D eigenvalue weighted by molar-refractivity contribution is -0.126. The molecule has 12 heavy (non-hydrogen) atoms. The highest BCUT2D eigenvalue weighted by atomic mass is 16.6. The van der Waals surface area contributed by atoms with E-state index in [1.807, 2.05) is 0 Å². The van der Waals surface area contributed by atoms with Crippen molar-refractivity contribution < 1.29 is 19.1 Å². The van der Waals surface area contributed by atoms with E-state index in [0.29, 0.717) is 0 Å². The molecule has 0 saturated carbocycles. The van der Waals surface area contributed by atoms with Crippen LogP contribution >= 0.6 is 0 Å². The second kappa shape index (κ2) is 3.34. The third kappa shape index (κ3) is 1.61. The van der Waals surface area contributed by atoms with E-state index in [1.54, 1.807) is 6.92 Å². The molecular formula is C7H9NO4. The molecule has 1 saturated heterocycles. The highest BCUT2D eigenvalue weighted by molar-refractivity contribution is 6.11. The first kappa shape index (κ1) is 8.70. The van der Waals surface area contributed by atoms with Crippen LogP contribution in [0.15, 0.2) is 0 Å². The van der Waals surface area contributed by atoms with E-state index in [2.05, 4.69) is 4.74 Å². The normalized spacial score (nSPS) is 16.9. The number of amides is 2. The number of imide groups is 1. The summed E-state index contributed by atoms with van der Waals surface area (Å²) >= 11 is 0. The zero-order chi connectivity index (χ0) is 9.14. The van der Waals surface area contributed by atoms with Gasteiger partial charge in [-0.15, -0.1) is 0 Å². The molecule has 0 spiro atoms. The summed E-state index contributed by atoms with van der Waals surface area (Å²) in [7, 11) is 0. The molecule has 1 fully saturated rings. The molecule has 1 rings (SSSR count). The summed E-state index contributed by atoms with van der Waals surface area (Å²) in [5.74, 6) is -0.716. The Morgan fingerprint density at radius 3 is 2.67 bits per heavy atom. The lowest BCUT2D eigenvalue weighted by Crippen LogP contribution is -2.32. The summed E-state index contributed by atoms with van der Waals surface area (Å²) in [5.41, 5.74) is 0. The highest BCUT2D eigenvalue weighted by Gasteiger charge is 2.33. The van der Waals surface area contributed by atoms with Crippen molar-refractivity contribution in [2.75, 3.05) is 13.2 Å². The van der Waals surface area contributed by atoms with Crippen LogP contribution in [-0.2, 0) is 14.3 Å². The van der Waals surface area contributed by atoms with Crippen molar-refractivity contribution in [3.8, 4) is 0 Å². The van der Waals surface area contributed by atoms with Crippen molar-refractivity contribution in [1.29, 1.82) is 0 Å². The van der Waals surface area contributed by atoms with Gasteiger partial charge in [0.15, 0.2) is 5.78 Å². The Hall–Kier alpha value is -1.39. The number of rotatable bonds is 1. The van der Waals surface area contributed by atoms with Crippen molar-refractivity contribution in [1.82, 2.24) is 4.90 Å². The third-order valence-electron chi connectivity index (χ3n) is 1.47. The van der Waals surface area contributed by atoms with E-state index in [1.165, 1.54) is 0 Å². The van der Waals surface area contributed by atoms with Gasteiger partial charge >= 0.3 is 6.09 Å². The van der Waals surface area contributed by atoms with Crippen molar-refractivity contribution in [2.45, 2.75) is 13.3 Å². The Morgan fingerprint density at radius 1 is 1.58 bits per heavy atom. The number of ketones is 1. The van der Waals surface area contributed by atoms with Gasteiger partial charge in [-0.25, -0.2) is 9.69 Å². The zero-order valence-electron chi connectivity index (χ0n) is 6.70. The van der Waals surface area contributed by atoms with Gasteiger partial charge in [0.2, 0.25) is 5.91 Å². The summed E-state index contributed by atoms with van der Waals surface area (Å²) in [6.45, 7) is 1.70. The Morgan fingerprint density at radius 2 is 2.25 bits per heavy atom. The first-order valence-corrected chi connectivity index (χ1v) is 3.64. The number of hydrogen-bond donors (Lipinski definition) is 0. The number of likely N-dealkylation sites (tertiary alicyclic amines) is 1. The Bertz CT molecular complexity index is 236. The number of carbonyl (C=O) groups is 3. The van der Waals surface area contributed by atoms with Gasteiger partial charge in [0.1, 0.15) is 0 Å². The van der Waals surface area contributed by atoms with Crippen LogP contribution in [0, 0.1) is 0 Å². The fraction of sp³-hybridized carbons (Fsp3) is 0.571. The standard InChI is InChI=1S/C7H9NO4/c1-2-12-7(11)8-4-5(9)3-6(8)10/h2-4H2,1H3. The molecular weight excluding hydrogens is 162 g/mol. The number of ether oxygens (including phenoxy) is 1. The highest BCUT2D eigenvalue weighted by Crippen LogP contribution is 2.07. The molecule has 66 valence electrons. The molecule has 0 aromatic rings. The predicted molar refractivity (Wildman–Crippen MR) is 38.4 cm³/mol. The topological polar surface area (TPSA) is 63.7 Å². The molecule has 0 N–H and O–H groups in total. The molecule has 0 radical (unpaired) electrons. The van der Waals surface area contributed by atoms with Crippen LogP contribution in [-0.4, -0.2) is 35.8 Å². The van der Waals surface area contributed by atoms with Gasteiger partial charge in [-0.3, -0.25) is 9.59 Å². The number of Topliss-reactive ketones (excluding diaryl/α,β-unsaturated/α-hetero) is 1. The van der Waals surface area contributed by atoms with Crippen molar-refractivity contribution in [3.05, 3.63) is 0 Å². The molecule has 0 aliphatic carbocycles. The summed E-state index contributed by atoms with van der Waals surface area (Å²) in [5, 5.41) is 0. The largest absolute Gasteiger partial charge is 0.449 e. The van der Waals surface area contributed by atoms with Gasteiger partial charge < -0.3 is 4.74 Å². The summed E-state index contributed by atoms with van der Waals surface area (Å²) in [4.78, 5) is 33.4. The van der Waals surface area contributed by atoms with E-state index >= 15 is 0 Å². The summed E-state index contributed by atoms with van der Waals surface area (Å²) in [6.07, 6.45) is -0.910.